The predicted molar refractivity (Wildman–Crippen MR) is 69.5 cm³/mol. The van der Waals surface area contributed by atoms with Gasteiger partial charge in [0.15, 0.2) is 6.33 Å². The fourth-order valence-corrected chi connectivity index (χ4v) is 2.71. The topological polar surface area (TPSA) is 111 Å². The van der Waals surface area contributed by atoms with Crippen LogP contribution in [-0.4, -0.2) is 25.1 Å². The summed E-state index contributed by atoms with van der Waals surface area (Å²) >= 11 is 0. The third-order valence-electron chi connectivity index (χ3n) is 2.38. The molecule has 7 nitrogen and oxygen atoms in total. The van der Waals surface area contributed by atoms with E-state index in [1.54, 1.807) is 24.3 Å². The molecule has 0 amide bonds. The van der Waals surface area contributed by atoms with Gasteiger partial charge in [0, 0.05) is 18.7 Å². The van der Waals surface area contributed by atoms with Gasteiger partial charge in [0.25, 0.3) is 0 Å². The second-order valence-electron chi connectivity index (χ2n) is 3.98. The van der Waals surface area contributed by atoms with E-state index in [0.29, 0.717) is 23.6 Å². The number of hydrogen-bond acceptors (Lipinski definition) is 6. The Morgan fingerprint density at radius 3 is 2.89 bits per heavy atom. The highest BCUT2D eigenvalue weighted by atomic mass is 32.2. The Labute approximate surface area is 110 Å². The number of nitrogens with two attached hydrogens (primary N) is 1. The molecular weight excluding hydrogens is 268 g/mol. The summed E-state index contributed by atoms with van der Waals surface area (Å²) in [6, 6.07) is 6.78. The molecule has 0 bridgehead atoms. The van der Waals surface area contributed by atoms with Gasteiger partial charge in [-0.15, -0.1) is 0 Å². The first-order valence-electron chi connectivity index (χ1n) is 5.62. The van der Waals surface area contributed by atoms with E-state index in [4.69, 9.17) is 10.3 Å². The Balaban J connectivity index is 1.88. The summed E-state index contributed by atoms with van der Waals surface area (Å²) < 4.78 is 30.9. The minimum absolute atomic E-state index is 0.109. The van der Waals surface area contributed by atoms with Crippen molar-refractivity contribution in [3.05, 3.63) is 42.0 Å². The molecule has 2 rings (SSSR count). The van der Waals surface area contributed by atoms with Crippen molar-refractivity contribution in [2.75, 3.05) is 12.3 Å². The number of hydrogen-bond donors (Lipinski definition) is 2. The van der Waals surface area contributed by atoms with Gasteiger partial charge < -0.3 is 10.3 Å². The molecule has 0 saturated heterocycles. The van der Waals surface area contributed by atoms with E-state index in [0.717, 1.165) is 0 Å². The van der Waals surface area contributed by atoms with Crippen molar-refractivity contribution < 1.29 is 12.9 Å². The van der Waals surface area contributed by atoms with Crippen LogP contribution in [0.3, 0.4) is 0 Å². The second-order valence-corrected chi connectivity index (χ2v) is 5.79. The fourth-order valence-electron chi connectivity index (χ4n) is 1.57. The third-order valence-corrected chi connectivity index (χ3v) is 3.73. The van der Waals surface area contributed by atoms with E-state index in [2.05, 4.69) is 14.9 Å². The molecule has 0 spiro atoms. The van der Waals surface area contributed by atoms with E-state index in [9.17, 15) is 8.42 Å². The minimum Gasteiger partial charge on any atom is -0.399 e. The zero-order valence-electron chi connectivity index (χ0n) is 10.1. The summed E-state index contributed by atoms with van der Waals surface area (Å²) in [4.78, 5) is 3.80. The highest BCUT2D eigenvalue weighted by Gasteiger charge is 2.11. The fraction of sp³-hybridized carbons (Fsp3) is 0.273. The molecular formula is C11H14N4O3S. The van der Waals surface area contributed by atoms with Crippen LogP contribution in [-0.2, 0) is 22.2 Å². The van der Waals surface area contributed by atoms with Gasteiger partial charge in [-0.05, 0) is 17.7 Å². The highest BCUT2D eigenvalue weighted by Crippen LogP contribution is 2.09. The van der Waals surface area contributed by atoms with Crippen LogP contribution in [0.5, 0.6) is 0 Å². The molecule has 19 heavy (non-hydrogen) atoms. The van der Waals surface area contributed by atoms with Gasteiger partial charge in [-0.3, -0.25) is 0 Å². The number of rotatable bonds is 6. The van der Waals surface area contributed by atoms with Crippen molar-refractivity contribution in [3.63, 3.8) is 0 Å². The zero-order chi connectivity index (χ0) is 13.7. The number of nitrogens with zero attached hydrogens (tertiary/aromatic N) is 2. The van der Waals surface area contributed by atoms with E-state index >= 15 is 0 Å². The van der Waals surface area contributed by atoms with Crippen LogP contribution in [0.15, 0.2) is 35.1 Å². The number of benzene rings is 1. The molecule has 0 atom stereocenters. The molecule has 0 aliphatic heterocycles. The lowest BCUT2D eigenvalue weighted by Crippen LogP contribution is -2.27. The SMILES string of the molecule is Nc1cccc(CS(=O)(=O)NCCc2ncno2)c1. The largest absolute Gasteiger partial charge is 0.399 e. The van der Waals surface area contributed by atoms with Crippen LogP contribution in [0.25, 0.3) is 0 Å². The molecule has 0 aliphatic rings. The third kappa shape index (κ3) is 4.34. The first-order chi connectivity index (χ1) is 9.05. The monoisotopic (exact) mass is 282 g/mol. The Morgan fingerprint density at radius 2 is 2.21 bits per heavy atom. The van der Waals surface area contributed by atoms with Gasteiger partial charge in [0.1, 0.15) is 0 Å². The quantitative estimate of drug-likeness (QED) is 0.738. The van der Waals surface area contributed by atoms with Gasteiger partial charge in [0.05, 0.1) is 5.75 Å². The van der Waals surface area contributed by atoms with Crippen LogP contribution < -0.4 is 10.5 Å². The van der Waals surface area contributed by atoms with Gasteiger partial charge in [-0.2, -0.15) is 4.98 Å². The predicted octanol–water partition coefficient (Wildman–Crippen LogP) is 0.314. The summed E-state index contributed by atoms with van der Waals surface area (Å²) in [6.45, 7) is 0.215. The first-order valence-corrected chi connectivity index (χ1v) is 7.28. The molecule has 1 aromatic carbocycles. The lowest BCUT2D eigenvalue weighted by molar-refractivity contribution is 0.377. The average molecular weight is 282 g/mol. The Kier molecular flexibility index (Phi) is 4.13. The van der Waals surface area contributed by atoms with Crippen LogP contribution in [0, 0.1) is 0 Å². The number of anilines is 1. The van der Waals surface area contributed by atoms with Crippen LogP contribution in [0.1, 0.15) is 11.5 Å². The zero-order valence-corrected chi connectivity index (χ0v) is 10.9. The summed E-state index contributed by atoms with van der Waals surface area (Å²) in [5, 5.41) is 3.44. The molecule has 0 fully saturated rings. The standard InChI is InChI=1S/C11H14N4O3S/c12-10-3-1-2-9(6-10)7-19(16,17)15-5-4-11-13-8-14-18-11/h1-3,6,8,15H,4-5,7,12H2. The van der Waals surface area contributed by atoms with Crippen LogP contribution >= 0.6 is 0 Å². The molecule has 102 valence electrons. The smallest absolute Gasteiger partial charge is 0.227 e. The molecule has 2 aromatic rings. The van der Waals surface area contributed by atoms with Crippen molar-refractivity contribution >= 4 is 15.7 Å². The van der Waals surface area contributed by atoms with Gasteiger partial charge >= 0.3 is 0 Å². The Hall–Kier alpha value is -1.93. The minimum atomic E-state index is -3.40. The second kappa shape index (κ2) is 5.81. The van der Waals surface area contributed by atoms with Crippen molar-refractivity contribution in [3.8, 4) is 0 Å². The molecule has 0 saturated carbocycles. The summed E-state index contributed by atoms with van der Waals surface area (Å²) in [5.41, 5.74) is 6.78. The molecule has 8 heteroatoms. The van der Waals surface area contributed by atoms with Crippen molar-refractivity contribution in [2.24, 2.45) is 0 Å². The van der Waals surface area contributed by atoms with Gasteiger partial charge in [0.2, 0.25) is 15.9 Å². The van der Waals surface area contributed by atoms with Gasteiger partial charge in [-0.25, -0.2) is 13.1 Å². The number of aromatic nitrogens is 2. The molecule has 1 aromatic heterocycles. The van der Waals surface area contributed by atoms with E-state index in [-0.39, 0.29) is 12.3 Å². The maximum absolute atomic E-state index is 11.8. The summed E-state index contributed by atoms with van der Waals surface area (Å²) in [7, 11) is -3.40. The normalized spacial score (nSPS) is 11.6. The van der Waals surface area contributed by atoms with Crippen molar-refractivity contribution in [1.29, 1.82) is 0 Å². The molecule has 0 unspecified atom stereocenters. The average Bonchev–Trinajstić information content (AvgIpc) is 2.81. The molecule has 0 radical (unpaired) electrons. The Bertz CT molecular complexity index is 625. The maximum atomic E-state index is 11.8. The summed E-state index contributed by atoms with van der Waals surface area (Å²) in [6.07, 6.45) is 1.63. The Morgan fingerprint density at radius 1 is 1.37 bits per heavy atom. The van der Waals surface area contributed by atoms with E-state index in [1.165, 1.54) is 6.33 Å². The maximum Gasteiger partial charge on any atom is 0.227 e. The van der Waals surface area contributed by atoms with Crippen LogP contribution in [0.4, 0.5) is 5.69 Å². The lowest BCUT2D eigenvalue weighted by Gasteiger charge is -2.06. The molecule has 0 aliphatic carbocycles. The first kappa shape index (κ1) is 13.5. The number of nitrogens with one attached hydrogen (secondary N) is 1. The highest BCUT2D eigenvalue weighted by molar-refractivity contribution is 7.88. The van der Waals surface area contributed by atoms with Crippen LogP contribution in [0.2, 0.25) is 0 Å². The van der Waals surface area contributed by atoms with E-state index in [1.807, 2.05) is 0 Å². The molecule has 1 heterocycles. The van der Waals surface area contributed by atoms with Gasteiger partial charge in [-0.1, -0.05) is 17.3 Å². The number of sulfonamides is 1. The molecule has 3 N–H and O–H groups in total. The number of nitrogen functional groups attached to an aromatic ring is 1. The lowest BCUT2D eigenvalue weighted by atomic mass is 10.2. The van der Waals surface area contributed by atoms with E-state index < -0.39 is 10.0 Å². The van der Waals surface area contributed by atoms with Crippen molar-refractivity contribution in [1.82, 2.24) is 14.9 Å². The van der Waals surface area contributed by atoms with Crippen molar-refractivity contribution in [2.45, 2.75) is 12.2 Å². The summed E-state index contributed by atoms with van der Waals surface area (Å²) in [5.74, 6) is 0.286.